The number of aromatic nitrogens is 3. The highest BCUT2D eigenvalue weighted by Gasteiger charge is 2.49. The Morgan fingerprint density at radius 2 is 1.86 bits per heavy atom. The van der Waals surface area contributed by atoms with Gasteiger partial charge in [-0.2, -0.15) is 9.97 Å². The Bertz CT molecular complexity index is 1760. The van der Waals surface area contributed by atoms with Gasteiger partial charge in [0.25, 0.3) is 0 Å². The Hall–Kier alpha value is -3.77. The molecule has 0 saturated carbocycles. The second-order valence-electron chi connectivity index (χ2n) is 12.4. The molecule has 2 aromatic carbocycles. The average molecular weight is 595 g/mol. The number of benzene rings is 2. The Labute approximate surface area is 244 Å². The number of piperazine rings is 1. The summed E-state index contributed by atoms with van der Waals surface area (Å²) in [6, 6.07) is 5.22. The fraction of sp³-hybridized carbons (Fsp3) is 0.452. The number of aromatic hydroxyl groups is 1. The van der Waals surface area contributed by atoms with Crippen LogP contribution in [0.5, 0.6) is 11.8 Å². The molecule has 8 nitrogen and oxygen atoms in total. The predicted octanol–water partition coefficient (Wildman–Crippen LogP) is 4.86. The summed E-state index contributed by atoms with van der Waals surface area (Å²) in [5.41, 5.74) is -0.921. The number of ether oxygens (including phenoxy) is 1. The third-order valence-corrected chi connectivity index (χ3v) is 9.64. The molecule has 4 aliphatic heterocycles. The second-order valence-corrected chi connectivity index (χ2v) is 12.4. The fourth-order valence-corrected chi connectivity index (χ4v) is 7.70. The van der Waals surface area contributed by atoms with Crippen molar-refractivity contribution in [2.24, 2.45) is 0 Å². The van der Waals surface area contributed by atoms with Gasteiger partial charge in [0.05, 0.1) is 10.9 Å². The first-order valence-electron chi connectivity index (χ1n) is 14.8. The Morgan fingerprint density at radius 1 is 1.05 bits per heavy atom. The first-order valence-corrected chi connectivity index (χ1v) is 14.8. The molecule has 4 aliphatic rings. The molecule has 224 valence electrons. The summed E-state index contributed by atoms with van der Waals surface area (Å²) in [7, 11) is 0. The molecule has 12 heteroatoms. The number of hydrogen-bond donors (Lipinski definition) is 2. The maximum atomic E-state index is 16.6. The molecule has 4 fully saturated rings. The third-order valence-electron chi connectivity index (χ3n) is 9.64. The second kappa shape index (κ2) is 9.88. The number of rotatable bonds is 5. The normalized spacial score (nSPS) is 27.0. The van der Waals surface area contributed by atoms with Crippen LogP contribution in [0.4, 0.5) is 23.4 Å². The van der Waals surface area contributed by atoms with Gasteiger partial charge in [-0.1, -0.05) is 6.07 Å². The molecule has 2 aromatic heterocycles. The molecule has 0 spiro atoms. The maximum Gasteiger partial charge on any atom is 0.319 e. The van der Waals surface area contributed by atoms with Gasteiger partial charge in [0.1, 0.15) is 35.6 Å². The molecule has 6 heterocycles. The zero-order valence-electron chi connectivity index (χ0n) is 23.3. The van der Waals surface area contributed by atoms with Crippen LogP contribution >= 0.6 is 0 Å². The van der Waals surface area contributed by atoms with Gasteiger partial charge >= 0.3 is 6.01 Å². The number of hydrogen-bond acceptors (Lipinski definition) is 8. The minimum atomic E-state index is -1.17. The van der Waals surface area contributed by atoms with Gasteiger partial charge in [0.2, 0.25) is 0 Å². The predicted molar refractivity (Wildman–Crippen MR) is 153 cm³/mol. The SMILES string of the molecule is Oc1cc(-c2ncc3c(N4CC5CCC(C4)N5)nc(OCC45CCCN4C[C@H](F)C5)nc3c2F)c2c(F)c(F)ccc2c1. The lowest BCUT2D eigenvalue weighted by Gasteiger charge is -2.34. The van der Waals surface area contributed by atoms with Crippen LogP contribution in [0.25, 0.3) is 32.9 Å². The number of nitrogens with zero attached hydrogens (tertiary/aromatic N) is 5. The number of phenolic OH excluding ortho intramolecular Hbond substituents is 1. The number of halogens is 4. The topological polar surface area (TPSA) is 86.6 Å². The smallest absolute Gasteiger partial charge is 0.319 e. The number of alkyl halides is 1. The van der Waals surface area contributed by atoms with E-state index in [1.165, 1.54) is 18.3 Å². The van der Waals surface area contributed by atoms with Crippen molar-refractivity contribution in [3.05, 3.63) is 47.9 Å². The number of pyridine rings is 1. The largest absolute Gasteiger partial charge is 0.508 e. The molecule has 4 saturated heterocycles. The van der Waals surface area contributed by atoms with E-state index in [-0.39, 0.29) is 58.0 Å². The highest BCUT2D eigenvalue weighted by molar-refractivity contribution is 6.00. The van der Waals surface area contributed by atoms with Crippen LogP contribution in [0.3, 0.4) is 0 Å². The first kappa shape index (κ1) is 26.8. The molecule has 0 aliphatic carbocycles. The van der Waals surface area contributed by atoms with E-state index < -0.39 is 29.2 Å². The van der Waals surface area contributed by atoms with Gasteiger partial charge in [-0.3, -0.25) is 9.88 Å². The Balaban J connectivity index is 1.26. The van der Waals surface area contributed by atoms with Crippen molar-refractivity contribution in [3.63, 3.8) is 0 Å². The zero-order valence-corrected chi connectivity index (χ0v) is 23.3. The van der Waals surface area contributed by atoms with Crippen LogP contribution in [-0.2, 0) is 0 Å². The quantitative estimate of drug-likeness (QED) is 0.317. The van der Waals surface area contributed by atoms with Crippen molar-refractivity contribution < 1.29 is 27.4 Å². The number of nitrogens with one attached hydrogen (secondary N) is 1. The van der Waals surface area contributed by atoms with Crippen LogP contribution in [0.2, 0.25) is 0 Å². The highest BCUT2D eigenvalue weighted by Crippen LogP contribution is 2.42. The standard InChI is InChI=1S/C31H30F4N6O2/c32-17-10-31(6-1-7-41(31)12-17)15-43-30-38-28-22(29(39-30)40-13-18-3-4-19(14-40)37-18)11-36-27(26(28)35)21-9-20(42)8-16-2-5-23(33)25(34)24(16)21/h2,5,8-9,11,17-19,37,42H,1,3-4,6-7,10,12-15H2/t17-,18?,19?,31?/m1/s1. The lowest BCUT2D eigenvalue weighted by atomic mass is 9.95. The van der Waals surface area contributed by atoms with Crippen LogP contribution in [0, 0.1) is 17.5 Å². The Kier molecular flexibility index (Phi) is 6.16. The van der Waals surface area contributed by atoms with Crippen molar-refractivity contribution in [1.29, 1.82) is 0 Å². The van der Waals surface area contributed by atoms with E-state index >= 15 is 8.78 Å². The van der Waals surface area contributed by atoms with Gasteiger partial charge in [-0.25, -0.2) is 17.6 Å². The molecule has 3 unspecified atom stereocenters. The zero-order chi connectivity index (χ0) is 29.5. The highest BCUT2D eigenvalue weighted by atomic mass is 19.2. The van der Waals surface area contributed by atoms with E-state index in [1.54, 1.807) is 0 Å². The molecule has 4 aromatic rings. The van der Waals surface area contributed by atoms with E-state index in [0.717, 1.165) is 44.4 Å². The Morgan fingerprint density at radius 3 is 2.67 bits per heavy atom. The van der Waals surface area contributed by atoms with Crippen molar-refractivity contribution in [1.82, 2.24) is 25.2 Å². The summed E-state index contributed by atoms with van der Waals surface area (Å²) in [6.45, 7) is 2.67. The third kappa shape index (κ3) is 4.36. The minimum absolute atomic E-state index is 0.0362. The van der Waals surface area contributed by atoms with Gasteiger partial charge in [-0.05, 0) is 55.8 Å². The summed E-state index contributed by atoms with van der Waals surface area (Å²) >= 11 is 0. The van der Waals surface area contributed by atoms with E-state index in [2.05, 4.69) is 25.1 Å². The lowest BCUT2D eigenvalue weighted by Crippen LogP contribution is -2.51. The molecule has 4 atom stereocenters. The number of anilines is 1. The van der Waals surface area contributed by atoms with Crippen LogP contribution in [-0.4, -0.2) is 81.5 Å². The number of fused-ring (bicyclic) bond motifs is 5. The van der Waals surface area contributed by atoms with Crippen molar-refractivity contribution >= 4 is 27.5 Å². The summed E-state index contributed by atoms with van der Waals surface area (Å²) in [5, 5.41) is 14.3. The molecule has 2 bridgehead atoms. The summed E-state index contributed by atoms with van der Waals surface area (Å²) in [5.74, 6) is -2.91. The molecule has 8 rings (SSSR count). The molecule has 0 amide bonds. The van der Waals surface area contributed by atoms with Crippen LogP contribution in [0.1, 0.15) is 32.1 Å². The summed E-state index contributed by atoms with van der Waals surface area (Å²) in [4.78, 5) is 17.8. The molecule has 0 radical (unpaired) electrons. The van der Waals surface area contributed by atoms with E-state index in [9.17, 15) is 13.9 Å². The van der Waals surface area contributed by atoms with E-state index in [1.807, 2.05) is 0 Å². The van der Waals surface area contributed by atoms with Gasteiger partial charge in [0.15, 0.2) is 17.5 Å². The molecule has 43 heavy (non-hydrogen) atoms. The summed E-state index contributed by atoms with van der Waals surface area (Å²) in [6.07, 6.45) is 4.67. The van der Waals surface area contributed by atoms with E-state index in [0.29, 0.717) is 37.3 Å². The van der Waals surface area contributed by atoms with Gasteiger partial charge < -0.3 is 20.1 Å². The fourth-order valence-electron chi connectivity index (χ4n) is 7.70. The first-order chi connectivity index (χ1) is 20.8. The molecular formula is C31H30F4N6O2. The van der Waals surface area contributed by atoms with Gasteiger partial charge in [-0.15, -0.1) is 0 Å². The van der Waals surface area contributed by atoms with Crippen molar-refractivity contribution in [2.45, 2.75) is 55.9 Å². The maximum absolute atomic E-state index is 16.6. The molecule has 2 N–H and O–H groups in total. The van der Waals surface area contributed by atoms with Crippen molar-refractivity contribution in [2.75, 3.05) is 37.7 Å². The monoisotopic (exact) mass is 594 g/mol. The molecular weight excluding hydrogens is 564 g/mol. The average Bonchev–Trinajstić information content (AvgIpc) is 3.63. The van der Waals surface area contributed by atoms with Gasteiger partial charge in [0, 0.05) is 55.3 Å². The van der Waals surface area contributed by atoms with Crippen molar-refractivity contribution in [3.8, 4) is 23.0 Å². The van der Waals surface area contributed by atoms with Crippen LogP contribution < -0.4 is 15.0 Å². The summed E-state index contributed by atoms with van der Waals surface area (Å²) < 4.78 is 66.5. The van der Waals surface area contributed by atoms with Crippen LogP contribution in [0.15, 0.2) is 30.5 Å². The number of phenols is 1. The minimum Gasteiger partial charge on any atom is -0.508 e. The lowest BCUT2D eigenvalue weighted by molar-refractivity contribution is 0.107. The van der Waals surface area contributed by atoms with E-state index in [4.69, 9.17) is 9.72 Å².